The lowest BCUT2D eigenvalue weighted by atomic mass is 10.2. The summed E-state index contributed by atoms with van der Waals surface area (Å²) in [6.45, 7) is 0. The molecule has 3 aromatic heterocycles. The molecule has 6 rings (SSSR count). The maximum atomic E-state index is 13.1. The number of oxazole rings is 1. The zero-order valence-electron chi connectivity index (χ0n) is 19.0. The number of anilines is 1. The van der Waals surface area contributed by atoms with E-state index in [1.54, 1.807) is 36.4 Å². The van der Waals surface area contributed by atoms with Gasteiger partial charge >= 0.3 is 0 Å². The topological polar surface area (TPSA) is 119 Å². The van der Waals surface area contributed by atoms with Crippen molar-refractivity contribution < 1.29 is 9.21 Å². The van der Waals surface area contributed by atoms with E-state index in [4.69, 9.17) is 16.0 Å². The molecule has 0 saturated carbocycles. The molecular weight excluding hydrogens is 512 g/mol. The van der Waals surface area contributed by atoms with E-state index in [2.05, 4.69) is 25.5 Å². The van der Waals surface area contributed by atoms with E-state index >= 15 is 0 Å². The number of aromatic amines is 1. The van der Waals surface area contributed by atoms with Gasteiger partial charge in [-0.05, 0) is 60.7 Å². The zero-order valence-corrected chi connectivity index (χ0v) is 20.6. The summed E-state index contributed by atoms with van der Waals surface area (Å²) in [5, 5.41) is 10.8. The van der Waals surface area contributed by atoms with Gasteiger partial charge in [0.25, 0.3) is 5.56 Å². The number of H-pyrrole nitrogens is 1. The van der Waals surface area contributed by atoms with Gasteiger partial charge in [-0.2, -0.15) is 5.10 Å². The first-order chi connectivity index (χ1) is 18.0. The Morgan fingerprint density at radius 3 is 2.59 bits per heavy atom. The molecule has 182 valence electrons. The van der Waals surface area contributed by atoms with Crippen molar-refractivity contribution in [3.8, 4) is 17.1 Å². The molecule has 6 aromatic rings. The average molecular weight is 529 g/mol. The molecule has 3 heterocycles. The third kappa shape index (κ3) is 4.59. The standard InChI is InChI=1S/C26H17ClN6O3S/c27-16-7-11-18(12-8-16)33-25(35)19-13-28-32-23(19)31-26(33)37-14-22(34)29-17-9-5-15(6-10-17)24-30-20-3-1-2-4-21(20)36-24/h1-13H,14H2,(H,28,32)(H,29,34). The lowest BCUT2D eigenvalue weighted by Crippen LogP contribution is -2.22. The van der Waals surface area contributed by atoms with Crippen LogP contribution in [0.5, 0.6) is 0 Å². The van der Waals surface area contributed by atoms with Gasteiger partial charge in [-0.25, -0.2) is 9.97 Å². The molecule has 0 saturated heterocycles. The van der Waals surface area contributed by atoms with Crippen LogP contribution < -0.4 is 10.9 Å². The van der Waals surface area contributed by atoms with Gasteiger partial charge in [-0.1, -0.05) is 35.5 Å². The van der Waals surface area contributed by atoms with Crippen molar-refractivity contribution in [1.82, 2.24) is 24.7 Å². The number of rotatable bonds is 6. The Hall–Kier alpha value is -4.41. The van der Waals surface area contributed by atoms with Crippen LogP contribution in [-0.2, 0) is 4.79 Å². The number of fused-ring (bicyclic) bond motifs is 2. The number of hydrogen-bond acceptors (Lipinski definition) is 7. The lowest BCUT2D eigenvalue weighted by Gasteiger charge is -2.12. The molecule has 0 spiro atoms. The third-order valence-electron chi connectivity index (χ3n) is 5.58. The molecule has 37 heavy (non-hydrogen) atoms. The number of nitrogens with one attached hydrogen (secondary N) is 2. The van der Waals surface area contributed by atoms with Crippen LogP contribution in [0.4, 0.5) is 5.69 Å². The molecule has 11 heteroatoms. The fraction of sp³-hybridized carbons (Fsp3) is 0.0385. The fourth-order valence-corrected chi connectivity index (χ4v) is 4.74. The Morgan fingerprint density at radius 1 is 1.03 bits per heavy atom. The van der Waals surface area contributed by atoms with E-state index in [0.717, 1.165) is 22.8 Å². The second kappa shape index (κ2) is 9.57. The summed E-state index contributed by atoms with van der Waals surface area (Å²) in [4.78, 5) is 34.9. The molecule has 0 unspecified atom stereocenters. The van der Waals surface area contributed by atoms with Gasteiger partial charge in [0.1, 0.15) is 10.9 Å². The van der Waals surface area contributed by atoms with Gasteiger partial charge in [0.15, 0.2) is 16.4 Å². The number of halogens is 1. The molecule has 0 fully saturated rings. The van der Waals surface area contributed by atoms with Gasteiger partial charge in [0, 0.05) is 16.3 Å². The average Bonchev–Trinajstić information content (AvgIpc) is 3.56. The van der Waals surface area contributed by atoms with E-state index < -0.39 is 0 Å². The van der Waals surface area contributed by atoms with Crippen LogP contribution in [0.3, 0.4) is 0 Å². The maximum absolute atomic E-state index is 13.1. The van der Waals surface area contributed by atoms with Crippen molar-refractivity contribution in [3.63, 3.8) is 0 Å². The zero-order chi connectivity index (χ0) is 25.4. The van der Waals surface area contributed by atoms with Gasteiger partial charge in [0.2, 0.25) is 11.8 Å². The van der Waals surface area contributed by atoms with Crippen LogP contribution >= 0.6 is 23.4 Å². The molecule has 0 atom stereocenters. The van der Waals surface area contributed by atoms with E-state index in [1.807, 2.05) is 36.4 Å². The Kier molecular flexibility index (Phi) is 5.95. The Bertz CT molecular complexity index is 1780. The quantitative estimate of drug-likeness (QED) is 0.222. The number of aromatic nitrogens is 5. The summed E-state index contributed by atoms with van der Waals surface area (Å²) in [6.07, 6.45) is 1.43. The van der Waals surface area contributed by atoms with Crippen LogP contribution in [-0.4, -0.2) is 36.4 Å². The molecule has 3 aromatic carbocycles. The SMILES string of the molecule is O=C(CSc1nc2[nH]ncc2c(=O)n1-c1ccc(Cl)cc1)Nc1ccc(-c2nc3ccccc3o2)cc1. The maximum Gasteiger partial charge on any atom is 0.269 e. The molecule has 2 N–H and O–H groups in total. The number of carbonyl (C=O) groups is 1. The minimum atomic E-state index is -0.293. The molecular formula is C26H17ClN6O3S. The highest BCUT2D eigenvalue weighted by atomic mass is 35.5. The van der Waals surface area contributed by atoms with Gasteiger partial charge in [-0.15, -0.1) is 0 Å². The monoisotopic (exact) mass is 528 g/mol. The Labute approximate surface area is 218 Å². The number of nitrogens with zero attached hydrogens (tertiary/aromatic N) is 4. The van der Waals surface area contributed by atoms with Crippen LogP contribution in [0.25, 0.3) is 39.3 Å². The van der Waals surface area contributed by atoms with Crippen molar-refractivity contribution >= 4 is 57.1 Å². The van der Waals surface area contributed by atoms with Gasteiger partial charge < -0.3 is 9.73 Å². The van der Waals surface area contributed by atoms with Crippen LogP contribution in [0.1, 0.15) is 0 Å². The number of carbonyl (C=O) groups excluding carboxylic acids is 1. The first-order valence-electron chi connectivity index (χ1n) is 11.2. The molecule has 0 bridgehead atoms. The van der Waals surface area contributed by atoms with Crippen LogP contribution in [0, 0.1) is 0 Å². The lowest BCUT2D eigenvalue weighted by molar-refractivity contribution is -0.113. The number of benzene rings is 3. The third-order valence-corrected chi connectivity index (χ3v) is 6.77. The fourth-order valence-electron chi connectivity index (χ4n) is 3.81. The summed E-state index contributed by atoms with van der Waals surface area (Å²) in [6, 6.07) is 21.6. The largest absolute Gasteiger partial charge is 0.436 e. The highest BCUT2D eigenvalue weighted by molar-refractivity contribution is 7.99. The van der Waals surface area contributed by atoms with E-state index in [1.165, 1.54) is 10.8 Å². The minimum absolute atomic E-state index is 0.0343. The molecule has 0 aliphatic heterocycles. The first kappa shape index (κ1) is 23.0. The number of thioether (sulfide) groups is 1. The summed E-state index contributed by atoms with van der Waals surface area (Å²) >= 11 is 7.16. The normalized spacial score (nSPS) is 11.3. The summed E-state index contributed by atoms with van der Waals surface area (Å²) in [5.74, 6) is 0.295. The van der Waals surface area contributed by atoms with E-state index in [9.17, 15) is 9.59 Å². The number of hydrogen-bond donors (Lipinski definition) is 2. The van der Waals surface area contributed by atoms with Gasteiger partial charge in [-0.3, -0.25) is 19.3 Å². The van der Waals surface area contributed by atoms with E-state index in [-0.39, 0.29) is 17.2 Å². The van der Waals surface area contributed by atoms with Crippen molar-refractivity contribution in [3.05, 3.63) is 94.4 Å². The smallest absolute Gasteiger partial charge is 0.269 e. The molecule has 0 aliphatic rings. The van der Waals surface area contributed by atoms with Gasteiger partial charge in [0.05, 0.1) is 17.6 Å². The van der Waals surface area contributed by atoms with Crippen molar-refractivity contribution in [2.45, 2.75) is 5.16 Å². The predicted octanol–water partition coefficient (Wildman–Crippen LogP) is 5.30. The van der Waals surface area contributed by atoms with Crippen molar-refractivity contribution in [2.75, 3.05) is 11.1 Å². The van der Waals surface area contributed by atoms with Crippen LogP contribution in [0.2, 0.25) is 5.02 Å². The number of para-hydroxylation sites is 2. The van der Waals surface area contributed by atoms with Crippen molar-refractivity contribution in [1.29, 1.82) is 0 Å². The summed E-state index contributed by atoms with van der Waals surface area (Å²) in [5.41, 5.74) is 3.57. The first-order valence-corrected chi connectivity index (χ1v) is 12.5. The number of amides is 1. The highest BCUT2D eigenvalue weighted by Crippen LogP contribution is 2.26. The minimum Gasteiger partial charge on any atom is -0.436 e. The molecule has 1 amide bonds. The predicted molar refractivity (Wildman–Crippen MR) is 143 cm³/mol. The summed E-state index contributed by atoms with van der Waals surface area (Å²) < 4.78 is 7.25. The van der Waals surface area contributed by atoms with E-state index in [0.29, 0.717) is 44.1 Å². The molecule has 9 nitrogen and oxygen atoms in total. The second-order valence-corrected chi connectivity index (χ2v) is 9.42. The molecule has 0 aliphatic carbocycles. The molecule has 0 radical (unpaired) electrons. The Balaban J connectivity index is 1.19. The van der Waals surface area contributed by atoms with Crippen LogP contribution in [0.15, 0.2) is 93.4 Å². The highest BCUT2D eigenvalue weighted by Gasteiger charge is 2.16. The van der Waals surface area contributed by atoms with Crippen molar-refractivity contribution in [2.24, 2.45) is 0 Å². The summed E-state index contributed by atoms with van der Waals surface area (Å²) in [7, 11) is 0. The second-order valence-electron chi connectivity index (χ2n) is 8.04. The Morgan fingerprint density at radius 2 is 1.81 bits per heavy atom.